The van der Waals surface area contributed by atoms with Gasteiger partial charge in [0, 0.05) is 13.0 Å². The second-order valence-corrected chi connectivity index (χ2v) is 7.43. The summed E-state index contributed by atoms with van der Waals surface area (Å²) < 4.78 is 6.36. The third-order valence-corrected chi connectivity index (χ3v) is 5.60. The zero-order valence-electron chi connectivity index (χ0n) is 16.4. The Morgan fingerprint density at radius 1 is 1.14 bits per heavy atom. The third kappa shape index (κ3) is 4.92. The quantitative estimate of drug-likeness (QED) is 0.321. The number of benzene rings is 2. The largest absolute Gasteiger partial charge is 0.465 e. The van der Waals surface area contributed by atoms with Crippen LogP contribution in [-0.4, -0.2) is 34.2 Å². The number of ether oxygens (including phenoxy) is 1. The molecule has 29 heavy (non-hydrogen) atoms. The van der Waals surface area contributed by atoms with E-state index in [1.165, 1.54) is 18.9 Å². The normalized spacial score (nSPS) is 10.8. The van der Waals surface area contributed by atoms with Gasteiger partial charge in [0.1, 0.15) is 5.78 Å². The van der Waals surface area contributed by atoms with Crippen molar-refractivity contribution in [3.63, 3.8) is 0 Å². The summed E-state index contributed by atoms with van der Waals surface area (Å²) in [6.45, 7) is 2.26. The fourth-order valence-electron chi connectivity index (χ4n) is 2.89. The van der Waals surface area contributed by atoms with Crippen LogP contribution in [-0.2, 0) is 22.5 Å². The van der Waals surface area contributed by atoms with Crippen molar-refractivity contribution >= 4 is 34.4 Å². The summed E-state index contributed by atoms with van der Waals surface area (Å²) in [5.41, 5.74) is 1.67. The van der Waals surface area contributed by atoms with Gasteiger partial charge in [-0.05, 0) is 30.2 Å². The maximum Gasteiger partial charge on any atom is 0.337 e. The lowest BCUT2D eigenvalue weighted by molar-refractivity contribution is -0.116. The number of Topliss-reactive ketones (excluding diaryl/α,β-unsaturated/α-hetero) is 1. The van der Waals surface area contributed by atoms with Crippen LogP contribution in [0.4, 0.5) is 0 Å². The van der Waals surface area contributed by atoms with Crippen molar-refractivity contribution in [3.8, 4) is 0 Å². The number of nitrogens with zero attached hydrogens (tertiary/aromatic N) is 2. The van der Waals surface area contributed by atoms with Crippen LogP contribution in [0.1, 0.15) is 29.3 Å². The molecule has 0 spiro atoms. The average Bonchev–Trinajstić information content (AvgIpc) is 2.76. The van der Waals surface area contributed by atoms with Crippen molar-refractivity contribution in [1.82, 2.24) is 9.55 Å². The molecule has 1 heterocycles. The summed E-state index contributed by atoms with van der Waals surface area (Å²) >= 11 is 1.25. The molecule has 150 valence electrons. The highest BCUT2D eigenvalue weighted by atomic mass is 32.2. The SMILES string of the molecule is CCC(=O)CSc1nc2cc(C(=O)OC)ccc2c(=O)n1CCc1ccccc1. The van der Waals surface area contributed by atoms with Gasteiger partial charge in [0.25, 0.3) is 5.56 Å². The van der Waals surface area contributed by atoms with E-state index in [1.807, 2.05) is 37.3 Å². The number of ketones is 1. The van der Waals surface area contributed by atoms with Crippen molar-refractivity contribution in [1.29, 1.82) is 0 Å². The molecule has 0 saturated carbocycles. The molecule has 0 aliphatic carbocycles. The lowest BCUT2D eigenvalue weighted by Gasteiger charge is -2.13. The van der Waals surface area contributed by atoms with Gasteiger partial charge >= 0.3 is 5.97 Å². The Morgan fingerprint density at radius 3 is 2.59 bits per heavy atom. The smallest absolute Gasteiger partial charge is 0.337 e. The van der Waals surface area contributed by atoms with Gasteiger partial charge in [0.15, 0.2) is 5.16 Å². The van der Waals surface area contributed by atoms with E-state index in [4.69, 9.17) is 4.74 Å². The van der Waals surface area contributed by atoms with Crippen molar-refractivity contribution in [2.75, 3.05) is 12.9 Å². The standard InChI is InChI=1S/C22H22N2O4S/c1-3-17(25)14-29-22-23-19-13-16(21(27)28-2)9-10-18(19)20(26)24(22)12-11-15-7-5-4-6-8-15/h4-10,13H,3,11-12,14H2,1-2H3. The number of thioether (sulfide) groups is 1. The van der Waals surface area contributed by atoms with E-state index < -0.39 is 5.97 Å². The first-order valence-corrected chi connectivity index (χ1v) is 10.3. The minimum atomic E-state index is -0.489. The van der Waals surface area contributed by atoms with Gasteiger partial charge in [-0.25, -0.2) is 9.78 Å². The molecular weight excluding hydrogens is 388 g/mol. The van der Waals surface area contributed by atoms with E-state index in [9.17, 15) is 14.4 Å². The van der Waals surface area contributed by atoms with E-state index in [1.54, 1.807) is 22.8 Å². The maximum absolute atomic E-state index is 13.1. The molecule has 0 fully saturated rings. The van der Waals surface area contributed by atoms with Crippen molar-refractivity contribution < 1.29 is 14.3 Å². The summed E-state index contributed by atoms with van der Waals surface area (Å²) in [7, 11) is 1.30. The number of esters is 1. The van der Waals surface area contributed by atoms with Crippen LogP contribution >= 0.6 is 11.8 Å². The summed E-state index contributed by atoms with van der Waals surface area (Å²) in [4.78, 5) is 41.4. The van der Waals surface area contributed by atoms with Gasteiger partial charge in [0.05, 0.1) is 29.3 Å². The summed E-state index contributed by atoms with van der Waals surface area (Å²) in [6, 6.07) is 14.6. The minimum Gasteiger partial charge on any atom is -0.465 e. The first-order chi connectivity index (χ1) is 14.0. The Balaban J connectivity index is 2.03. The van der Waals surface area contributed by atoms with Crippen LogP contribution in [0.15, 0.2) is 58.5 Å². The molecule has 3 aromatic rings. The number of rotatable bonds is 8. The minimum absolute atomic E-state index is 0.0854. The Labute approximate surface area is 172 Å². The molecule has 0 aliphatic rings. The number of hydrogen-bond donors (Lipinski definition) is 0. The molecule has 0 unspecified atom stereocenters. The molecule has 6 nitrogen and oxygen atoms in total. The fraction of sp³-hybridized carbons (Fsp3) is 0.273. The van der Waals surface area contributed by atoms with Crippen LogP contribution in [0.3, 0.4) is 0 Å². The molecule has 3 rings (SSSR count). The molecule has 0 saturated heterocycles. The summed E-state index contributed by atoms with van der Waals surface area (Å²) in [5.74, 6) is -0.157. The van der Waals surface area contributed by atoms with E-state index in [-0.39, 0.29) is 17.1 Å². The third-order valence-electron chi connectivity index (χ3n) is 4.56. The molecular formula is C22H22N2O4S. The molecule has 0 bridgehead atoms. The van der Waals surface area contributed by atoms with Gasteiger partial charge in [0.2, 0.25) is 0 Å². The second kappa shape index (κ2) is 9.52. The molecule has 0 amide bonds. The Hall–Kier alpha value is -2.93. The van der Waals surface area contributed by atoms with E-state index >= 15 is 0 Å². The predicted octanol–water partition coefficient (Wildman–Crippen LogP) is 3.50. The van der Waals surface area contributed by atoms with Gasteiger partial charge in [-0.1, -0.05) is 49.0 Å². The number of carbonyl (C=O) groups excluding carboxylic acids is 2. The second-order valence-electron chi connectivity index (χ2n) is 6.49. The molecule has 7 heteroatoms. The predicted molar refractivity (Wildman–Crippen MR) is 114 cm³/mol. The molecule has 0 radical (unpaired) electrons. The lowest BCUT2D eigenvalue weighted by atomic mass is 10.1. The zero-order valence-corrected chi connectivity index (χ0v) is 17.2. The maximum atomic E-state index is 13.1. The van der Waals surface area contributed by atoms with E-state index in [0.29, 0.717) is 41.0 Å². The topological polar surface area (TPSA) is 78.3 Å². The summed E-state index contributed by atoms with van der Waals surface area (Å²) in [5, 5.41) is 0.902. The molecule has 1 aromatic heterocycles. The van der Waals surface area contributed by atoms with Gasteiger partial charge in [-0.2, -0.15) is 0 Å². The highest BCUT2D eigenvalue weighted by molar-refractivity contribution is 7.99. The number of aromatic nitrogens is 2. The van der Waals surface area contributed by atoms with Crippen LogP contribution in [0.2, 0.25) is 0 Å². The fourth-order valence-corrected chi connectivity index (χ4v) is 3.87. The highest BCUT2D eigenvalue weighted by Crippen LogP contribution is 2.20. The molecule has 0 atom stereocenters. The van der Waals surface area contributed by atoms with Crippen molar-refractivity contribution in [3.05, 3.63) is 70.0 Å². The van der Waals surface area contributed by atoms with Crippen molar-refractivity contribution in [2.24, 2.45) is 0 Å². The van der Waals surface area contributed by atoms with Crippen molar-refractivity contribution in [2.45, 2.75) is 31.5 Å². The molecule has 0 aliphatic heterocycles. The van der Waals surface area contributed by atoms with Gasteiger partial charge < -0.3 is 4.74 Å². The Kier molecular flexibility index (Phi) is 6.82. The molecule has 2 aromatic carbocycles. The lowest BCUT2D eigenvalue weighted by Crippen LogP contribution is -2.25. The number of hydrogen-bond acceptors (Lipinski definition) is 6. The van der Waals surface area contributed by atoms with E-state index in [2.05, 4.69) is 4.98 Å². The first kappa shape index (κ1) is 20.8. The number of fused-ring (bicyclic) bond motifs is 1. The highest BCUT2D eigenvalue weighted by Gasteiger charge is 2.15. The van der Waals surface area contributed by atoms with Crippen LogP contribution < -0.4 is 5.56 Å². The number of methoxy groups -OCH3 is 1. The summed E-state index contributed by atoms with van der Waals surface area (Å²) in [6.07, 6.45) is 1.10. The Morgan fingerprint density at radius 2 is 1.90 bits per heavy atom. The van der Waals surface area contributed by atoms with E-state index in [0.717, 1.165) is 5.56 Å². The monoisotopic (exact) mass is 410 g/mol. The zero-order chi connectivity index (χ0) is 20.8. The average molecular weight is 410 g/mol. The van der Waals surface area contributed by atoms with Crippen LogP contribution in [0.5, 0.6) is 0 Å². The number of carbonyl (C=O) groups is 2. The first-order valence-electron chi connectivity index (χ1n) is 9.34. The van der Waals surface area contributed by atoms with Gasteiger partial charge in [-0.15, -0.1) is 0 Å². The van der Waals surface area contributed by atoms with Crippen LogP contribution in [0.25, 0.3) is 10.9 Å². The Bertz CT molecular complexity index is 1090. The molecule has 0 N–H and O–H groups in total. The van der Waals surface area contributed by atoms with Crippen LogP contribution in [0, 0.1) is 0 Å². The van der Waals surface area contributed by atoms with Gasteiger partial charge in [-0.3, -0.25) is 14.2 Å². The number of aryl methyl sites for hydroxylation is 1.